The number of methoxy groups -OCH3 is 1. The maximum atomic E-state index is 12.1. The van der Waals surface area contributed by atoms with Gasteiger partial charge < -0.3 is 25.0 Å². The van der Waals surface area contributed by atoms with Gasteiger partial charge in [0, 0.05) is 24.3 Å². The minimum Gasteiger partial charge on any atom is -0.497 e. The predicted molar refractivity (Wildman–Crippen MR) is 120 cm³/mol. The fraction of sp³-hybridized carbons (Fsp3) is 0.364. The van der Waals surface area contributed by atoms with Crippen molar-refractivity contribution >= 4 is 34.6 Å². The number of hydrogen-bond donors (Lipinski definition) is 2. The fourth-order valence-electron chi connectivity index (χ4n) is 3.21. The Morgan fingerprint density at radius 3 is 2.59 bits per heavy atom. The molecule has 1 atom stereocenters. The molecule has 0 aliphatic carbocycles. The molecular weight excluding hydrogens is 386 g/mol. The molecule has 29 heavy (non-hydrogen) atoms. The fourth-order valence-corrected chi connectivity index (χ4v) is 3.53. The second kappa shape index (κ2) is 9.60. The zero-order chi connectivity index (χ0) is 20.8. The number of amides is 1. The molecule has 2 aromatic carbocycles. The highest BCUT2D eigenvalue weighted by molar-refractivity contribution is 7.80. The van der Waals surface area contributed by atoms with Crippen molar-refractivity contribution in [2.24, 2.45) is 0 Å². The van der Waals surface area contributed by atoms with Crippen LogP contribution in [-0.2, 0) is 4.79 Å². The van der Waals surface area contributed by atoms with Gasteiger partial charge in [0.05, 0.1) is 13.2 Å². The van der Waals surface area contributed by atoms with E-state index in [2.05, 4.69) is 10.6 Å². The van der Waals surface area contributed by atoms with Crippen LogP contribution in [0.1, 0.15) is 25.3 Å². The molecule has 1 fully saturated rings. The number of hydrogen-bond acceptors (Lipinski definition) is 4. The molecule has 2 N–H and O–H groups in total. The van der Waals surface area contributed by atoms with Crippen LogP contribution >= 0.6 is 12.2 Å². The quantitative estimate of drug-likeness (QED) is 0.672. The number of aryl methyl sites for hydroxylation is 1. The zero-order valence-corrected chi connectivity index (χ0v) is 17.8. The van der Waals surface area contributed by atoms with Crippen LogP contribution in [0.15, 0.2) is 42.5 Å². The SMILES string of the molecule is COc1ccc(OC[C@H](C)NC(=S)Nc2ccc(C)c(N3CCCC3=O)c2)cc1. The van der Waals surface area contributed by atoms with Crippen molar-refractivity contribution in [2.75, 3.05) is 30.5 Å². The molecule has 0 unspecified atom stereocenters. The second-order valence-corrected chi connectivity index (χ2v) is 7.54. The molecular formula is C22H27N3O3S. The summed E-state index contributed by atoms with van der Waals surface area (Å²) in [6, 6.07) is 13.4. The lowest BCUT2D eigenvalue weighted by molar-refractivity contribution is -0.117. The number of benzene rings is 2. The highest BCUT2D eigenvalue weighted by atomic mass is 32.1. The summed E-state index contributed by atoms with van der Waals surface area (Å²) in [7, 11) is 1.63. The number of rotatable bonds is 7. The summed E-state index contributed by atoms with van der Waals surface area (Å²) in [6.07, 6.45) is 1.52. The van der Waals surface area contributed by atoms with E-state index in [4.69, 9.17) is 21.7 Å². The lowest BCUT2D eigenvalue weighted by atomic mass is 10.1. The van der Waals surface area contributed by atoms with Gasteiger partial charge in [-0.3, -0.25) is 4.79 Å². The maximum absolute atomic E-state index is 12.1. The highest BCUT2D eigenvalue weighted by Gasteiger charge is 2.23. The van der Waals surface area contributed by atoms with Crippen molar-refractivity contribution < 1.29 is 14.3 Å². The Labute approximate surface area is 177 Å². The topological polar surface area (TPSA) is 62.8 Å². The first-order chi connectivity index (χ1) is 14.0. The Balaban J connectivity index is 1.52. The number of carbonyl (C=O) groups excluding carboxylic acids is 1. The third kappa shape index (κ3) is 5.60. The Kier molecular flexibility index (Phi) is 6.93. The van der Waals surface area contributed by atoms with E-state index in [1.54, 1.807) is 7.11 Å². The van der Waals surface area contributed by atoms with Crippen LogP contribution in [0.3, 0.4) is 0 Å². The first-order valence-corrected chi connectivity index (χ1v) is 10.1. The van der Waals surface area contributed by atoms with Crippen molar-refractivity contribution in [3.8, 4) is 11.5 Å². The summed E-state index contributed by atoms with van der Waals surface area (Å²) in [5, 5.41) is 6.94. The average molecular weight is 414 g/mol. The van der Waals surface area contributed by atoms with E-state index in [0.717, 1.165) is 41.4 Å². The molecule has 0 spiro atoms. The monoisotopic (exact) mass is 413 g/mol. The van der Waals surface area contributed by atoms with Crippen molar-refractivity contribution in [1.29, 1.82) is 0 Å². The van der Waals surface area contributed by atoms with Gasteiger partial charge in [-0.05, 0) is 74.4 Å². The summed E-state index contributed by atoms with van der Waals surface area (Å²) in [5.41, 5.74) is 2.87. The number of nitrogens with one attached hydrogen (secondary N) is 2. The van der Waals surface area contributed by atoms with E-state index in [0.29, 0.717) is 18.1 Å². The van der Waals surface area contributed by atoms with Gasteiger partial charge in [0.25, 0.3) is 0 Å². The molecule has 154 valence electrons. The Morgan fingerprint density at radius 1 is 1.21 bits per heavy atom. The van der Waals surface area contributed by atoms with Gasteiger partial charge in [0.1, 0.15) is 18.1 Å². The minimum absolute atomic E-state index is 0.0159. The number of anilines is 2. The van der Waals surface area contributed by atoms with Gasteiger partial charge in [-0.2, -0.15) is 0 Å². The molecule has 1 amide bonds. The Morgan fingerprint density at radius 2 is 1.93 bits per heavy atom. The summed E-state index contributed by atoms with van der Waals surface area (Å²) in [6.45, 7) is 5.25. The Hall–Kier alpha value is -2.80. The van der Waals surface area contributed by atoms with Crippen molar-refractivity contribution in [2.45, 2.75) is 32.7 Å². The molecule has 7 heteroatoms. The van der Waals surface area contributed by atoms with E-state index < -0.39 is 0 Å². The smallest absolute Gasteiger partial charge is 0.227 e. The molecule has 0 aromatic heterocycles. The largest absolute Gasteiger partial charge is 0.497 e. The molecule has 6 nitrogen and oxygen atoms in total. The van der Waals surface area contributed by atoms with Crippen LogP contribution in [0.4, 0.5) is 11.4 Å². The van der Waals surface area contributed by atoms with E-state index >= 15 is 0 Å². The number of ether oxygens (including phenoxy) is 2. The number of nitrogens with zero attached hydrogens (tertiary/aromatic N) is 1. The van der Waals surface area contributed by atoms with E-state index in [1.165, 1.54) is 0 Å². The molecule has 1 heterocycles. The molecule has 0 radical (unpaired) electrons. The zero-order valence-electron chi connectivity index (χ0n) is 17.0. The van der Waals surface area contributed by atoms with Gasteiger partial charge in [0.2, 0.25) is 5.91 Å². The van der Waals surface area contributed by atoms with Gasteiger partial charge in [-0.25, -0.2) is 0 Å². The summed E-state index contributed by atoms with van der Waals surface area (Å²) in [4.78, 5) is 13.9. The third-order valence-corrected chi connectivity index (χ3v) is 4.99. The lowest BCUT2D eigenvalue weighted by Crippen LogP contribution is -2.39. The van der Waals surface area contributed by atoms with Crippen LogP contribution in [0.2, 0.25) is 0 Å². The lowest BCUT2D eigenvalue weighted by Gasteiger charge is -2.21. The van der Waals surface area contributed by atoms with Crippen LogP contribution in [0.25, 0.3) is 0 Å². The van der Waals surface area contributed by atoms with E-state index in [9.17, 15) is 4.79 Å². The minimum atomic E-state index is 0.0159. The molecule has 2 aromatic rings. The number of carbonyl (C=O) groups is 1. The molecule has 0 bridgehead atoms. The normalized spacial score (nSPS) is 14.4. The molecule has 1 aliphatic rings. The van der Waals surface area contributed by atoms with Crippen molar-refractivity contribution in [3.05, 3.63) is 48.0 Å². The summed E-state index contributed by atoms with van der Waals surface area (Å²) in [5.74, 6) is 1.74. The third-order valence-electron chi connectivity index (χ3n) is 4.77. The highest BCUT2D eigenvalue weighted by Crippen LogP contribution is 2.28. The summed E-state index contributed by atoms with van der Waals surface area (Å²) >= 11 is 5.44. The molecule has 3 rings (SSSR count). The van der Waals surface area contributed by atoms with Crippen LogP contribution in [0.5, 0.6) is 11.5 Å². The second-order valence-electron chi connectivity index (χ2n) is 7.14. The van der Waals surface area contributed by atoms with Crippen LogP contribution < -0.4 is 25.0 Å². The summed E-state index contributed by atoms with van der Waals surface area (Å²) < 4.78 is 10.9. The Bertz CT molecular complexity index is 870. The molecule has 0 saturated carbocycles. The van der Waals surface area contributed by atoms with Crippen LogP contribution in [-0.4, -0.2) is 37.3 Å². The standard InChI is InChI=1S/C22H27N3O3S/c1-15-6-7-17(13-20(15)25-12-4-5-21(25)26)24-22(29)23-16(2)14-28-19-10-8-18(27-3)9-11-19/h6-11,13,16H,4-5,12,14H2,1-3H3,(H2,23,24,29)/t16-/m0/s1. The first kappa shape index (κ1) is 20.9. The number of thiocarbonyl (C=S) groups is 1. The first-order valence-electron chi connectivity index (χ1n) is 9.71. The van der Waals surface area contributed by atoms with E-state index in [1.807, 2.05) is 61.2 Å². The van der Waals surface area contributed by atoms with Gasteiger partial charge >= 0.3 is 0 Å². The van der Waals surface area contributed by atoms with Crippen molar-refractivity contribution in [3.63, 3.8) is 0 Å². The molecule has 1 aliphatic heterocycles. The van der Waals surface area contributed by atoms with Gasteiger partial charge in [0.15, 0.2) is 5.11 Å². The maximum Gasteiger partial charge on any atom is 0.227 e. The molecule has 1 saturated heterocycles. The van der Waals surface area contributed by atoms with Gasteiger partial charge in [-0.15, -0.1) is 0 Å². The van der Waals surface area contributed by atoms with Crippen molar-refractivity contribution in [1.82, 2.24) is 5.32 Å². The van der Waals surface area contributed by atoms with E-state index in [-0.39, 0.29) is 11.9 Å². The average Bonchev–Trinajstić information content (AvgIpc) is 3.14. The van der Waals surface area contributed by atoms with Gasteiger partial charge in [-0.1, -0.05) is 6.07 Å². The predicted octanol–water partition coefficient (Wildman–Crippen LogP) is 3.88. The van der Waals surface area contributed by atoms with Crippen LogP contribution in [0, 0.1) is 6.92 Å².